The molecule has 0 aliphatic heterocycles. The molecule has 0 saturated heterocycles. The average molecular weight is 538 g/mol. The maximum absolute atomic E-state index is 12.6. The molecule has 2 atom stereocenters. The number of nitrogens with one attached hydrogen (secondary N) is 1. The number of hydrogen-bond acceptors (Lipinski definition) is 7. The molecule has 0 spiro atoms. The maximum Gasteiger partial charge on any atom is 0.407 e. The van der Waals surface area contributed by atoms with E-state index in [1.54, 1.807) is 19.2 Å². The Hall–Kier alpha value is -3.98. The summed E-state index contributed by atoms with van der Waals surface area (Å²) in [5.41, 5.74) is 2.54. The Morgan fingerprint density at radius 2 is 1.39 bits per heavy atom. The van der Waals surface area contributed by atoms with E-state index in [0.717, 1.165) is 28.5 Å². The van der Waals surface area contributed by atoms with E-state index in [1.165, 1.54) is 0 Å². The maximum atomic E-state index is 12.6. The van der Waals surface area contributed by atoms with Gasteiger partial charge in [0.2, 0.25) is 0 Å². The molecule has 3 aromatic carbocycles. The monoisotopic (exact) mass is 537 g/mol. The number of carboxylic acids is 1. The highest BCUT2D eigenvalue weighted by atomic mass is 32.2. The molecule has 8 nitrogen and oxygen atoms in total. The first-order valence-electron chi connectivity index (χ1n) is 12.1. The van der Waals surface area contributed by atoms with Gasteiger partial charge in [0, 0.05) is 12.2 Å². The summed E-state index contributed by atoms with van der Waals surface area (Å²) < 4.78 is 15.8. The highest BCUT2D eigenvalue weighted by Gasteiger charge is 2.31. The molecule has 9 heteroatoms. The zero-order valence-electron chi connectivity index (χ0n) is 21.1. The topological polar surface area (TPSA) is 111 Å². The smallest absolute Gasteiger partial charge is 0.407 e. The molecule has 1 amide bonds. The van der Waals surface area contributed by atoms with Crippen LogP contribution in [0.2, 0.25) is 0 Å². The van der Waals surface area contributed by atoms with Crippen LogP contribution in [0.3, 0.4) is 0 Å². The molecule has 3 rings (SSSR count). The molecular weight excluding hydrogens is 506 g/mol. The van der Waals surface area contributed by atoms with Crippen LogP contribution in [0.5, 0.6) is 5.75 Å². The standard InChI is InChI=1S/C29H31NO7S/c1-35-24-14-12-23(13-15-24)20-38-27(28(32)33)25(30-29(34)37-19-22-10-6-3-7-11-22)16-17-26(31)36-18-21-8-4-2-5-9-21/h2-15,25,27H,16-20H2,1H3,(H,30,34)(H,32,33)/t25-,27+/m0/s1. The average Bonchev–Trinajstić information content (AvgIpc) is 2.95. The van der Waals surface area contributed by atoms with Gasteiger partial charge in [0.05, 0.1) is 13.2 Å². The Kier molecular flexibility index (Phi) is 11.5. The molecule has 0 aromatic heterocycles. The van der Waals surface area contributed by atoms with Crippen LogP contribution in [0.25, 0.3) is 0 Å². The van der Waals surface area contributed by atoms with Crippen molar-refractivity contribution >= 4 is 29.8 Å². The number of benzene rings is 3. The minimum Gasteiger partial charge on any atom is -0.497 e. The van der Waals surface area contributed by atoms with Crippen LogP contribution >= 0.6 is 11.8 Å². The van der Waals surface area contributed by atoms with Gasteiger partial charge in [-0.3, -0.25) is 9.59 Å². The first-order valence-corrected chi connectivity index (χ1v) is 13.1. The number of rotatable bonds is 14. The van der Waals surface area contributed by atoms with E-state index in [9.17, 15) is 19.5 Å². The number of hydrogen-bond donors (Lipinski definition) is 2. The number of alkyl carbamates (subject to hydrolysis) is 1. The highest BCUT2D eigenvalue weighted by Crippen LogP contribution is 2.25. The summed E-state index contributed by atoms with van der Waals surface area (Å²) in [5.74, 6) is -0.503. The lowest BCUT2D eigenvalue weighted by Gasteiger charge is -2.24. The van der Waals surface area contributed by atoms with Gasteiger partial charge in [-0.15, -0.1) is 11.8 Å². The summed E-state index contributed by atoms with van der Waals surface area (Å²) in [4.78, 5) is 37.2. The molecule has 0 aliphatic rings. The van der Waals surface area contributed by atoms with E-state index in [4.69, 9.17) is 14.2 Å². The fourth-order valence-electron chi connectivity index (χ4n) is 3.57. The fourth-order valence-corrected chi connectivity index (χ4v) is 4.71. The lowest BCUT2D eigenvalue weighted by Crippen LogP contribution is -2.46. The molecule has 0 fully saturated rings. The van der Waals surface area contributed by atoms with Gasteiger partial charge in [-0.05, 0) is 35.2 Å². The van der Waals surface area contributed by atoms with Crippen LogP contribution in [0, 0.1) is 0 Å². The Labute approximate surface area is 226 Å². The normalized spacial score (nSPS) is 12.1. The van der Waals surface area contributed by atoms with Crippen molar-refractivity contribution in [2.24, 2.45) is 0 Å². The first kappa shape index (κ1) is 28.6. The molecule has 0 unspecified atom stereocenters. The van der Waals surface area contributed by atoms with Crippen molar-refractivity contribution in [2.45, 2.75) is 43.1 Å². The lowest BCUT2D eigenvalue weighted by molar-refractivity contribution is -0.145. The zero-order valence-corrected chi connectivity index (χ0v) is 21.9. The second-order valence-corrected chi connectivity index (χ2v) is 9.55. The van der Waals surface area contributed by atoms with Crippen LogP contribution in [-0.4, -0.2) is 41.5 Å². The zero-order chi connectivity index (χ0) is 27.2. The molecular formula is C29H31NO7S. The lowest BCUT2D eigenvalue weighted by atomic mass is 10.1. The van der Waals surface area contributed by atoms with Gasteiger partial charge in [-0.25, -0.2) is 4.79 Å². The third-order valence-electron chi connectivity index (χ3n) is 5.62. The summed E-state index contributed by atoms with van der Waals surface area (Å²) in [6.07, 6.45) is -0.753. The fraction of sp³-hybridized carbons (Fsp3) is 0.276. The largest absolute Gasteiger partial charge is 0.497 e. The second kappa shape index (κ2) is 15.3. The number of methoxy groups -OCH3 is 1. The Bertz CT molecular complexity index is 1160. The van der Waals surface area contributed by atoms with Crippen molar-refractivity contribution in [2.75, 3.05) is 7.11 Å². The molecule has 0 radical (unpaired) electrons. The molecule has 3 aromatic rings. The number of amides is 1. The number of carbonyl (C=O) groups excluding carboxylic acids is 2. The van der Waals surface area contributed by atoms with Crippen LogP contribution in [0.15, 0.2) is 84.9 Å². The molecule has 200 valence electrons. The Morgan fingerprint density at radius 3 is 1.95 bits per heavy atom. The van der Waals surface area contributed by atoms with E-state index in [-0.39, 0.29) is 26.1 Å². The number of ether oxygens (including phenoxy) is 3. The van der Waals surface area contributed by atoms with Gasteiger partial charge < -0.3 is 24.6 Å². The number of aliphatic carboxylic acids is 1. The highest BCUT2D eigenvalue weighted by molar-refractivity contribution is 7.99. The summed E-state index contributed by atoms with van der Waals surface area (Å²) in [5, 5.41) is 11.6. The Morgan fingerprint density at radius 1 is 0.816 bits per heavy atom. The van der Waals surface area contributed by atoms with Crippen LogP contribution in [-0.2, 0) is 38.0 Å². The SMILES string of the molecule is COc1ccc(CS[C@@H](C(=O)O)[C@H](CCC(=O)OCc2ccccc2)NC(=O)OCc2ccccc2)cc1. The molecule has 0 saturated carbocycles. The van der Waals surface area contributed by atoms with Gasteiger partial charge in [0.15, 0.2) is 0 Å². The molecule has 0 heterocycles. The predicted molar refractivity (Wildman–Crippen MR) is 145 cm³/mol. The minimum absolute atomic E-state index is 0.0369. The van der Waals surface area contributed by atoms with E-state index in [2.05, 4.69) is 5.32 Å². The molecule has 2 N–H and O–H groups in total. The van der Waals surface area contributed by atoms with E-state index < -0.39 is 29.3 Å². The van der Waals surface area contributed by atoms with Crippen molar-refractivity contribution in [3.05, 3.63) is 102 Å². The first-order chi connectivity index (χ1) is 18.4. The van der Waals surface area contributed by atoms with Gasteiger partial charge in [-0.1, -0.05) is 72.8 Å². The van der Waals surface area contributed by atoms with Gasteiger partial charge in [0.1, 0.15) is 24.2 Å². The van der Waals surface area contributed by atoms with Crippen LogP contribution in [0.1, 0.15) is 29.5 Å². The van der Waals surface area contributed by atoms with Crippen molar-refractivity contribution < 1.29 is 33.7 Å². The van der Waals surface area contributed by atoms with E-state index in [0.29, 0.717) is 11.5 Å². The predicted octanol–water partition coefficient (Wildman–Crippen LogP) is 5.20. The number of thioether (sulfide) groups is 1. The van der Waals surface area contributed by atoms with Gasteiger partial charge in [-0.2, -0.15) is 0 Å². The summed E-state index contributed by atoms with van der Waals surface area (Å²) in [6, 6.07) is 24.8. The van der Waals surface area contributed by atoms with Gasteiger partial charge >= 0.3 is 18.0 Å². The summed E-state index contributed by atoms with van der Waals surface area (Å²) in [6.45, 7) is 0.153. The van der Waals surface area contributed by atoms with Crippen LogP contribution in [0.4, 0.5) is 4.79 Å². The number of esters is 1. The number of carboxylic acid groups (broad SMARTS) is 1. The van der Waals surface area contributed by atoms with E-state index in [1.807, 2.05) is 72.8 Å². The second-order valence-electron chi connectivity index (χ2n) is 8.42. The third kappa shape index (κ3) is 9.82. The van der Waals surface area contributed by atoms with Crippen molar-refractivity contribution in [3.8, 4) is 5.75 Å². The minimum atomic E-state index is -1.10. The number of carbonyl (C=O) groups is 3. The quantitative estimate of drug-likeness (QED) is 0.270. The van der Waals surface area contributed by atoms with Crippen LogP contribution < -0.4 is 10.1 Å². The van der Waals surface area contributed by atoms with Crippen molar-refractivity contribution in [1.82, 2.24) is 5.32 Å². The Balaban J connectivity index is 1.63. The summed E-state index contributed by atoms with van der Waals surface area (Å²) >= 11 is 1.16. The van der Waals surface area contributed by atoms with Crippen molar-refractivity contribution in [1.29, 1.82) is 0 Å². The van der Waals surface area contributed by atoms with E-state index >= 15 is 0 Å². The molecule has 0 aliphatic carbocycles. The third-order valence-corrected chi connectivity index (χ3v) is 7.00. The van der Waals surface area contributed by atoms with Crippen molar-refractivity contribution in [3.63, 3.8) is 0 Å². The molecule has 38 heavy (non-hydrogen) atoms. The summed E-state index contributed by atoms with van der Waals surface area (Å²) in [7, 11) is 1.57. The molecule has 0 bridgehead atoms. The van der Waals surface area contributed by atoms with Gasteiger partial charge in [0.25, 0.3) is 0 Å².